The Bertz CT molecular complexity index is 98.5. The molecule has 1 N–H and O–H groups in total. The first-order valence-electron chi connectivity index (χ1n) is 4.60. The maximum atomic E-state index is 8.64. The molecule has 0 aliphatic carbocycles. The van der Waals surface area contributed by atoms with Crippen LogP contribution in [0.4, 0.5) is 0 Å². The number of likely N-dealkylation sites (N-methyl/N-ethyl adjacent to an activating group) is 1. The molecule has 0 bridgehead atoms. The van der Waals surface area contributed by atoms with Gasteiger partial charge in [-0.25, -0.2) is 0 Å². The highest BCUT2D eigenvalue weighted by Crippen LogP contribution is 1.96. The van der Waals surface area contributed by atoms with Gasteiger partial charge in [-0.2, -0.15) is 0 Å². The van der Waals surface area contributed by atoms with Crippen LogP contribution in [0.1, 0.15) is 20.3 Å². The van der Waals surface area contributed by atoms with Crippen molar-refractivity contribution in [3.8, 4) is 0 Å². The van der Waals surface area contributed by atoms with Gasteiger partial charge in [0.05, 0.1) is 6.10 Å². The molecule has 1 atom stereocenters. The minimum Gasteiger partial charge on any atom is -0.396 e. The molecule has 0 fully saturated rings. The highest BCUT2D eigenvalue weighted by molar-refractivity contribution is 4.60. The first-order chi connectivity index (χ1) is 5.74. The van der Waals surface area contributed by atoms with Crippen molar-refractivity contribution in [2.75, 3.05) is 33.4 Å². The van der Waals surface area contributed by atoms with Gasteiger partial charge in [0.15, 0.2) is 0 Å². The van der Waals surface area contributed by atoms with Gasteiger partial charge in [-0.15, -0.1) is 0 Å². The van der Waals surface area contributed by atoms with Gasteiger partial charge in [-0.05, 0) is 19.9 Å². The van der Waals surface area contributed by atoms with Crippen LogP contribution in [-0.4, -0.2) is 49.5 Å². The third-order valence-electron chi connectivity index (χ3n) is 2.00. The molecule has 0 radical (unpaired) electrons. The summed E-state index contributed by atoms with van der Waals surface area (Å²) in [5.41, 5.74) is 0. The smallest absolute Gasteiger partial charge is 0.0670 e. The topological polar surface area (TPSA) is 32.7 Å². The summed E-state index contributed by atoms with van der Waals surface area (Å²) in [6, 6.07) is 0. The minimum atomic E-state index is 0.276. The fourth-order valence-corrected chi connectivity index (χ4v) is 1.11. The molecule has 1 unspecified atom stereocenters. The molecule has 0 saturated carbocycles. The molecule has 0 amide bonds. The zero-order valence-corrected chi connectivity index (χ0v) is 8.42. The van der Waals surface area contributed by atoms with Gasteiger partial charge in [0.1, 0.15) is 0 Å². The predicted molar refractivity (Wildman–Crippen MR) is 50.3 cm³/mol. The van der Waals surface area contributed by atoms with Crippen LogP contribution in [0.3, 0.4) is 0 Å². The normalized spacial score (nSPS) is 13.8. The number of rotatable bonds is 7. The monoisotopic (exact) mass is 175 g/mol. The maximum Gasteiger partial charge on any atom is 0.0670 e. The Kier molecular flexibility index (Phi) is 7.45. The number of hydrogen-bond acceptors (Lipinski definition) is 3. The summed E-state index contributed by atoms with van der Waals surface area (Å²) in [5.74, 6) is 0. The fourth-order valence-electron chi connectivity index (χ4n) is 1.11. The highest BCUT2D eigenvalue weighted by Gasteiger charge is 2.06. The lowest BCUT2D eigenvalue weighted by Gasteiger charge is -2.22. The second-order valence-corrected chi connectivity index (χ2v) is 3.02. The van der Waals surface area contributed by atoms with E-state index >= 15 is 0 Å². The largest absolute Gasteiger partial charge is 0.396 e. The summed E-state index contributed by atoms with van der Waals surface area (Å²) >= 11 is 0. The fraction of sp³-hybridized carbons (Fsp3) is 1.00. The molecule has 3 heteroatoms. The average molecular weight is 175 g/mol. The van der Waals surface area contributed by atoms with Crippen molar-refractivity contribution in [2.45, 2.75) is 26.4 Å². The summed E-state index contributed by atoms with van der Waals surface area (Å²) in [6.45, 7) is 7.39. The van der Waals surface area contributed by atoms with Gasteiger partial charge in [0, 0.05) is 26.8 Å². The SMILES string of the molecule is CCN(CCCO)CC(C)OC. The van der Waals surface area contributed by atoms with Gasteiger partial charge in [-0.3, -0.25) is 0 Å². The molecular weight excluding hydrogens is 154 g/mol. The first-order valence-corrected chi connectivity index (χ1v) is 4.60. The van der Waals surface area contributed by atoms with Crippen LogP contribution >= 0.6 is 0 Å². The van der Waals surface area contributed by atoms with Crippen molar-refractivity contribution < 1.29 is 9.84 Å². The lowest BCUT2D eigenvalue weighted by atomic mass is 10.3. The Morgan fingerprint density at radius 2 is 2.17 bits per heavy atom. The summed E-state index contributed by atoms with van der Waals surface area (Å²) in [5, 5.41) is 8.64. The van der Waals surface area contributed by atoms with Gasteiger partial charge >= 0.3 is 0 Å². The molecule has 0 heterocycles. The number of ether oxygens (including phenoxy) is 1. The first kappa shape index (κ1) is 11.9. The van der Waals surface area contributed by atoms with Crippen LogP contribution in [0.15, 0.2) is 0 Å². The number of nitrogens with zero attached hydrogens (tertiary/aromatic N) is 1. The predicted octanol–water partition coefficient (Wildman–Crippen LogP) is 0.726. The van der Waals surface area contributed by atoms with E-state index in [9.17, 15) is 0 Å². The summed E-state index contributed by atoms with van der Waals surface area (Å²) in [4.78, 5) is 2.28. The van der Waals surface area contributed by atoms with Crippen LogP contribution in [0.2, 0.25) is 0 Å². The van der Waals surface area contributed by atoms with Crippen molar-refractivity contribution in [2.24, 2.45) is 0 Å². The minimum absolute atomic E-state index is 0.276. The maximum absolute atomic E-state index is 8.64. The van der Waals surface area contributed by atoms with Crippen LogP contribution in [0.5, 0.6) is 0 Å². The summed E-state index contributed by atoms with van der Waals surface area (Å²) in [7, 11) is 1.73. The number of hydrogen-bond donors (Lipinski definition) is 1. The molecule has 0 spiro atoms. The van der Waals surface area contributed by atoms with Gasteiger partial charge < -0.3 is 14.7 Å². The van der Waals surface area contributed by atoms with E-state index in [4.69, 9.17) is 9.84 Å². The second-order valence-electron chi connectivity index (χ2n) is 3.02. The van der Waals surface area contributed by atoms with Crippen LogP contribution in [0.25, 0.3) is 0 Å². The van der Waals surface area contributed by atoms with E-state index in [2.05, 4.69) is 18.7 Å². The Balaban J connectivity index is 3.51. The molecule has 0 aliphatic rings. The van der Waals surface area contributed by atoms with E-state index in [1.54, 1.807) is 7.11 Å². The van der Waals surface area contributed by atoms with E-state index in [1.165, 1.54) is 0 Å². The molecule has 12 heavy (non-hydrogen) atoms. The summed E-state index contributed by atoms with van der Waals surface area (Å²) in [6.07, 6.45) is 1.13. The van der Waals surface area contributed by atoms with Gasteiger partial charge in [0.25, 0.3) is 0 Å². The Labute approximate surface area is 75.3 Å². The van der Waals surface area contributed by atoms with Crippen molar-refractivity contribution in [1.82, 2.24) is 4.90 Å². The van der Waals surface area contributed by atoms with E-state index < -0.39 is 0 Å². The molecule has 0 aromatic carbocycles. The molecule has 0 aromatic heterocycles. The molecule has 3 nitrogen and oxygen atoms in total. The lowest BCUT2D eigenvalue weighted by Crippen LogP contribution is -2.33. The zero-order chi connectivity index (χ0) is 9.40. The number of methoxy groups -OCH3 is 1. The molecule has 74 valence electrons. The van der Waals surface area contributed by atoms with Crippen molar-refractivity contribution in [1.29, 1.82) is 0 Å². The number of aliphatic hydroxyl groups is 1. The second kappa shape index (κ2) is 7.53. The van der Waals surface area contributed by atoms with E-state index in [1.807, 2.05) is 0 Å². The average Bonchev–Trinajstić information content (AvgIpc) is 2.11. The molecule has 0 aliphatic heterocycles. The van der Waals surface area contributed by atoms with Crippen molar-refractivity contribution >= 4 is 0 Å². The summed E-state index contributed by atoms with van der Waals surface area (Å²) < 4.78 is 5.16. The lowest BCUT2D eigenvalue weighted by molar-refractivity contribution is 0.0764. The Hall–Kier alpha value is -0.120. The highest BCUT2D eigenvalue weighted by atomic mass is 16.5. The molecule has 0 saturated heterocycles. The van der Waals surface area contributed by atoms with Gasteiger partial charge in [-0.1, -0.05) is 6.92 Å². The van der Waals surface area contributed by atoms with Crippen LogP contribution in [0, 0.1) is 0 Å². The van der Waals surface area contributed by atoms with Crippen molar-refractivity contribution in [3.63, 3.8) is 0 Å². The molecule has 0 rings (SSSR count). The quantitative estimate of drug-likeness (QED) is 0.619. The third-order valence-corrected chi connectivity index (χ3v) is 2.00. The van der Waals surface area contributed by atoms with E-state index in [-0.39, 0.29) is 12.7 Å². The van der Waals surface area contributed by atoms with E-state index in [0.29, 0.717) is 0 Å². The third kappa shape index (κ3) is 5.52. The molecular formula is C9H21NO2. The van der Waals surface area contributed by atoms with Crippen LogP contribution < -0.4 is 0 Å². The van der Waals surface area contributed by atoms with Crippen molar-refractivity contribution in [3.05, 3.63) is 0 Å². The molecule has 0 aromatic rings. The van der Waals surface area contributed by atoms with Gasteiger partial charge in [0.2, 0.25) is 0 Å². The Morgan fingerprint density at radius 3 is 2.58 bits per heavy atom. The standard InChI is InChI=1S/C9H21NO2/c1-4-10(6-5-7-11)8-9(2)12-3/h9,11H,4-8H2,1-3H3. The zero-order valence-electron chi connectivity index (χ0n) is 8.42. The number of aliphatic hydroxyl groups excluding tert-OH is 1. The Morgan fingerprint density at radius 1 is 1.50 bits per heavy atom. The van der Waals surface area contributed by atoms with E-state index in [0.717, 1.165) is 26.1 Å². The van der Waals surface area contributed by atoms with Crippen LogP contribution in [-0.2, 0) is 4.74 Å².